The SMILES string of the molecule is CCCCCCc1ccc2c(c1)Cc1cc(C#Cc3cc(F)c(C(F)(F)F)c(F)c3)ccc1-2. The van der Waals surface area contributed by atoms with Crippen LogP contribution >= 0.6 is 0 Å². The zero-order valence-corrected chi connectivity index (χ0v) is 18.3. The van der Waals surface area contributed by atoms with Crippen molar-refractivity contribution in [2.45, 2.75) is 51.6 Å². The maximum Gasteiger partial charge on any atom is 0.422 e. The van der Waals surface area contributed by atoms with Crippen LogP contribution in [0, 0.1) is 23.5 Å². The summed E-state index contributed by atoms with van der Waals surface area (Å²) in [5.41, 5.74) is 4.67. The van der Waals surface area contributed by atoms with Crippen molar-refractivity contribution in [1.29, 1.82) is 0 Å². The van der Waals surface area contributed by atoms with Gasteiger partial charge in [-0.25, -0.2) is 8.78 Å². The van der Waals surface area contributed by atoms with Crippen molar-refractivity contribution in [2.24, 2.45) is 0 Å². The summed E-state index contributed by atoms with van der Waals surface area (Å²) < 4.78 is 65.8. The smallest absolute Gasteiger partial charge is 0.206 e. The molecule has 1 aliphatic rings. The van der Waals surface area contributed by atoms with Crippen LogP contribution in [-0.4, -0.2) is 0 Å². The number of hydrogen-bond donors (Lipinski definition) is 0. The zero-order chi connectivity index (χ0) is 23.6. The third kappa shape index (κ3) is 5.11. The van der Waals surface area contributed by atoms with E-state index in [2.05, 4.69) is 37.0 Å². The molecule has 0 nitrogen and oxygen atoms in total. The molecule has 0 bridgehead atoms. The largest absolute Gasteiger partial charge is 0.422 e. The van der Waals surface area contributed by atoms with Crippen LogP contribution in [-0.2, 0) is 19.0 Å². The zero-order valence-electron chi connectivity index (χ0n) is 18.3. The van der Waals surface area contributed by atoms with Gasteiger partial charge < -0.3 is 0 Å². The molecule has 0 radical (unpaired) electrons. The summed E-state index contributed by atoms with van der Waals surface area (Å²) in [6, 6.07) is 13.6. The predicted octanol–water partition coefficient (Wildman–Crippen LogP) is 8.08. The van der Waals surface area contributed by atoms with Crippen LogP contribution in [0.1, 0.15) is 66.0 Å². The molecule has 0 heterocycles. The van der Waals surface area contributed by atoms with Crippen molar-refractivity contribution in [3.63, 3.8) is 0 Å². The van der Waals surface area contributed by atoms with E-state index in [9.17, 15) is 22.0 Å². The lowest BCUT2D eigenvalue weighted by molar-refractivity contribution is -0.142. The van der Waals surface area contributed by atoms with Crippen molar-refractivity contribution >= 4 is 0 Å². The highest BCUT2D eigenvalue weighted by atomic mass is 19.4. The maximum atomic E-state index is 13.8. The summed E-state index contributed by atoms with van der Waals surface area (Å²) in [5, 5.41) is 0. The average molecular weight is 454 g/mol. The Balaban J connectivity index is 1.52. The van der Waals surface area contributed by atoms with Gasteiger partial charge in [0.1, 0.15) is 17.2 Å². The maximum absolute atomic E-state index is 13.8. The molecule has 0 N–H and O–H groups in total. The second kappa shape index (κ2) is 9.39. The second-order valence-electron chi connectivity index (χ2n) is 8.41. The molecule has 33 heavy (non-hydrogen) atoms. The lowest BCUT2D eigenvalue weighted by Gasteiger charge is -2.09. The molecule has 0 unspecified atom stereocenters. The van der Waals surface area contributed by atoms with Crippen molar-refractivity contribution in [2.75, 3.05) is 0 Å². The summed E-state index contributed by atoms with van der Waals surface area (Å²) in [5.74, 6) is 2.07. The minimum absolute atomic E-state index is 0.144. The number of hydrogen-bond acceptors (Lipinski definition) is 0. The molecule has 1 aliphatic carbocycles. The van der Waals surface area contributed by atoms with Gasteiger partial charge in [-0.05, 0) is 71.3 Å². The molecule has 0 amide bonds. The number of aryl methyl sites for hydroxylation is 1. The molecular formula is C28H23F5. The van der Waals surface area contributed by atoms with Crippen LogP contribution in [0.4, 0.5) is 22.0 Å². The van der Waals surface area contributed by atoms with Gasteiger partial charge in [0, 0.05) is 11.1 Å². The molecule has 3 aromatic rings. The average Bonchev–Trinajstić information content (AvgIpc) is 3.10. The van der Waals surface area contributed by atoms with Gasteiger partial charge in [0.2, 0.25) is 0 Å². The molecule has 0 fully saturated rings. The monoisotopic (exact) mass is 454 g/mol. The van der Waals surface area contributed by atoms with Crippen LogP contribution < -0.4 is 0 Å². The first-order valence-corrected chi connectivity index (χ1v) is 11.1. The summed E-state index contributed by atoms with van der Waals surface area (Å²) >= 11 is 0. The van der Waals surface area contributed by atoms with E-state index in [0.29, 0.717) is 17.7 Å². The minimum atomic E-state index is -5.09. The molecule has 3 aromatic carbocycles. The Hall–Kier alpha value is -3.13. The first-order valence-electron chi connectivity index (χ1n) is 11.1. The standard InChI is InChI=1S/C28H23F5/c1-2-3-4-5-6-18-9-11-23-21(13-18)17-22-14-19(10-12-24(22)23)7-8-20-15-25(29)27(26(30)16-20)28(31,32)33/h9-16H,2-6,17H2,1H3. The van der Waals surface area contributed by atoms with Crippen LogP contribution in [0.5, 0.6) is 0 Å². The fraction of sp³-hybridized carbons (Fsp3) is 0.286. The van der Waals surface area contributed by atoms with Gasteiger partial charge >= 0.3 is 6.18 Å². The van der Waals surface area contributed by atoms with E-state index in [1.165, 1.54) is 42.4 Å². The molecule has 0 saturated heterocycles. The van der Waals surface area contributed by atoms with Crippen LogP contribution in [0.2, 0.25) is 0 Å². The number of alkyl halides is 3. The summed E-state index contributed by atoms with van der Waals surface area (Å²) in [6.45, 7) is 2.20. The van der Waals surface area contributed by atoms with Gasteiger partial charge in [-0.1, -0.05) is 62.3 Å². The Morgan fingerprint density at radius 3 is 2.06 bits per heavy atom. The number of unbranched alkanes of at least 4 members (excludes halogenated alkanes) is 3. The van der Waals surface area contributed by atoms with E-state index in [1.54, 1.807) is 0 Å². The van der Waals surface area contributed by atoms with Gasteiger partial charge in [0.05, 0.1) is 0 Å². The Morgan fingerprint density at radius 2 is 1.39 bits per heavy atom. The number of fused-ring (bicyclic) bond motifs is 3. The number of halogens is 5. The van der Waals surface area contributed by atoms with Crippen molar-refractivity contribution in [3.05, 3.63) is 93.5 Å². The molecule has 4 rings (SSSR count). The van der Waals surface area contributed by atoms with Crippen LogP contribution in [0.15, 0.2) is 48.5 Å². The Morgan fingerprint density at radius 1 is 0.758 bits per heavy atom. The Bertz CT molecular complexity index is 1220. The lowest BCUT2D eigenvalue weighted by atomic mass is 10.00. The van der Waals surface area contributed by atoms with E-state index in [4.69, 9.17) is 0 Å². The normalized spacial score (nSPS) is 12.2. The van der Waals surface area contributed by atoms with Crippen molar-refractivity contribution in [1.82, 2.24) is 0 Å². The fourth-order valence-corrected chi connectivity index (χ4v) is 4.31. The molecule has 5 heteroatoms. The van der Waals surface area contributed by atoms with Crippen LogP contribution in [0.3, 0.4) is 0 Å². The fourth-order valence-electron chi connectivity index (χ4n) is 4.31. The molecule has 0 aromatic heterocycles. The molecule has 0 aliphatic heterocycles. The van der Waals surface area contributed by atoms with Gasteiger partial charge in [-0.15, -0.1) is 0 Å². The quantitative estimate of drug-likeness (QED) is 0.162. The van der Waals surface area contributed by atoms with Gasteiger partial charge in [0.15, 0.2) is 0 Å². The van der Waals surface area contributed by atoms with Gasteiger partial charge in [-0.3, -0.25) is 0 Å². The summed E-state index contributed by atoms with van der Waals surface area (Å²) in [6.07, 6.45) is 1.66. The van der Waals surface area contributed by atoms with Gasteiger partial charge in [-0.2, -0.15) is 13.2 Å². The Kier molecular flexibility index (Phi) is 6.56. The predicted molar refractivity (Wildman–Crippen MR) is 120 cm³/mol. The molecular weight excluding hydrogens is 431 g/mol. The summed E-state index contributed by atoms with van der Waals surface area (Å²) in [4.78, 5) is 0. The first-order chi connectivity index (χ1) is 15.8. The lowest BCUT2D eigenvalue weighted by Crippen LogP contribution is -2.11. The molecule has 0 spiro atoms. The molecule has 0 saturated carbocycles. The molecule has 170 valence electrons. The van der Waals surface area contributed by atoms with E-state index >= 15 is 0 Å². The third-order valence-corrected chi connectivity index (χ3v) is 5.94. The van der Waals surface area contributed by atoms with E-state index in [0.717, 1.165) is 24.0 Å². The van der Waals surface area contributed by atoms with Crippen molar-refractivity contribution < 1.29 is 22.0 Å². The number of benzene rings is 3. The van der Waals surface area contributed by atoms with E-state index in [-0.39, 0.29) is 5.56 Å². The van der Waals surface area contributed by atoms with Gasteiger partial charge in [0.25, 0.3) is 0 Å². The minimum Gasteiger partial charge on any atom is -0.206 e. The Labute approximate surface area is 190 Å². The second-order valence-corrected chi connectivity index (χ2v) is 8.41. The highest BCUT2D eigenvalue weighted by Gasteiger charge is 2.37. The van der Waals surface area contributed by atoms with E-state index in [1.807, 2.05) is 18.2 Å². The summed E-state index contributed by atoms with van der Waals surface area (Å²) in [7, 11) is 0. The number of rotatable bonds is 5. The molecule has 0 atom stereocenters. The highest BCUT2D eigenvalue weighted by molar-refractivity contribution is 5.77. The van der Waals surface area contributed by atoms with Crippen molar-refractivity contribution in [3.8, 4) is 23.0 Å². The van der Waals surface area contributed by atoms with E-state index < -0.39 is 23.4 Å². The topological polar surface area (TPSA) is 0 Å². The van der Waals surface area contributed by atoms with Crippen LogP contribution in [0.25, 0.3) is 11.1 Å². The first kappa shape index (κ1) is 23.0. The highest BCUT2D eigenvalue weighted by Crippen LogP contribution is 2.38. The third-order valence-electron chi connectivity index (χ3n) is 5.94.